The van der Waals surface area contributed by atoms with Crippen LogP contribution >= 0.6 is 0 Å². The molecule has 106 valence electrons. The van der Waals surface area contributed by atoms with Gasteiger partial charge in [0.05, 0.1) is 6.61 Å². The van der Waals surface area contributed by atoms with Crippen LogP contribution in [-0.4, -0.2) is 17.6 Å². The van der Waals surface area contributed by atoms with Gasteiger partial charge < -0.3 is 10.5 Å². The van der Waals surface area contributed by atoms with Crippen molar-refractivity contribution in [1.29, 1.82) is 0 Å². The van der Waals surface area contributed by atoms with E-state index in [1.807, 2.05) is 43.5 Å². The molecule has 2 N–H and O–H groups in total. The summed E-state index contributed by atoms with van der Waals surface area (Å²) < 4.78 is 5.73. The summed E-state index contributed by atoms with van der Waals surface area (Å²) in [4.78, 5) is 4.27. The van der Waals surface area contributed by atoms with Crippen LogP contribution in [0.15, 0.2) is 48.7 Å². The van der Waals surface area contributed by atoms with Crippen molar-refractivity contribution < 1.29 is 4.74 Å². The molecule has 0 fully saturated rings. The second-order valence-electron chi connectivity index (χ2n) is 5.08. The van der Waals surface area contributed by atoms with Crippen LogP contribution < -0.4 is 10.5 Å². The number of benzene rings is 1. The fraction of sp³-hybridized carbons (Fsp3) is 0.353. The molecule has 0 spiro atoms. The van der Waals surface area contributed by atoms with Crippen LogP contribution in [0.1, 0.15) is 24.6 Å². The van der Waals surface area contributed by atoms with E-state index in [1.165, 1.54) is 5.56 Å². The average molecular weight is 270 g/mol. The molecule has 3 heteroatoms. The summed E-state index contributed by atoms with van der Waals surface area (Å²) in [6.45, 7) is 2.69. The summed E-state index contributed by atoms with van der Waals surface area (Å²) >= 11 is 0. The predicted molar refractivity (Wildman–Crippen MR) is 81.8 cm³/mol. The van der Waals surface area contributed by atoms with E-state index in [4.69, 9.17) is 10.5 Å². The number of hydrogen-bond donors (Lipinski definition) is 1. The average Bonchev–Trinajstić information content (AvgIpc) is 2.47. The van der Waals surface area contributed by atoms with Crippen molar-refractivity contribution in [2.24, 2.45) is 5.73 Å². The normalized spacial score (nSPS) is 12.1. The molecule has 0 radical (unpaired) electrons. The second kappa shape index (κ2) is 7.65. The highest BCUT2D eigenvalue weighted by molar-refractivity contribution is 5.27. The van der Waals surface area contributed by atoms with E-state index in [2.05, 4.69) is 17.1 Å². The van der Waals surface area contributed by atoms with Gasteiger partial charge in [-0.05, 0) is 49.6 Å². The zero-order valence-electron chi connectivity index (χ0n) is 12.0. The lowest BCUT2D eigenvalue weighted by molar-refractivity contribution is 0.320. The molecule has 0 saturated heterocycles. The van der Waals surface area contributed by atoms with Crippen LogP contribution in [0.2, 0.25) is 0 Å². The lowest BCUT2D eigenvalue weighted by Gasteiger charge is -2.08. The summed E-state index contributed by atoms with van der Waals surface area (Å²) in [5, 5.41) is 0. The Labute approximate surface area is 120 Å². The van der Waals surface area contributed by atoms with Gasteiger partial charge in [0.25, 0.3) is 0 Å². The maximum absolute atomic E-state index is 5.76. The zero-order chi connectivity index (χ0) is 14.2. The molecule has 1 heterocycles. The summed E-state index contributed by atoms with van der Waals surface area (Å²) in [6.07, 6.45) is 4.67. The maximum atomic E-state index is 5.76. The number of ether oxygens (including phenoxy) is 1. The van der Waals surface area contributed by atoms with E-state index in [0.717, 1.165) is 30.7 Å². The molecule has 1 atom stereocenters. The fourth-order valence-corrected chi connectivity index (χ4v) is 1.97. The highest BCUT2D eigenvalue weighted by Gasteiger charge is 1.99. The van der Waals surface area contributed by atoms with E-state index in [-0.39, 0.29) is 6.04 Å². The van der Waals surface area contributed by atoms with Crippen LogP contribution in [0.5, 0.6) is 5.75 Å². The van der Waals surface area contributed by atoms with Gasteiger partial charge in [0, 0.05) is 24.4 Å². The minimum atomic E-state index is 0.254. The first-order chi connectivity index (χ1) is 9.74. The van der Waals surface area contributed by atoms with E-state index < -0.39 is 0 Å². The largest absolute Gasteiger partial charge is 0.493 e. The van der Waals surface area contributed by atoms with E-state index in [9.17, 15) is 0 Å². The third-order valence-corrected chi connectivity index (χ3v) is 3.16. The molecular weight excluding hydrogens is 248 g/mol. The lowest BCUT2D eigenvalue weighted by Crippen LogP contribution is -2.15. The molecule has 3 nitrogen and oxygen atoms in total. The van der Waals surface area contributed by atoms with Gasteiger partial charge >= 0.3 is 0 Å². The van der Waals surface area contributed by atoms with Crippen molar-refractivity contribution in [3.63, 3.8) is 0 Å². The van der Waals surface area contributed by atoms with Crippen LogP contribution in [0.3, 0.4) is 0 Å². The minimum absolute atomic E-state index is 0.254. The van der Waals surface area contributed by atoms with Gasteiger partial charge in [0.1, 0.15) is 5.75 Å². The number of nitrogens with zero attached hydrogens (tertiary/aromatic N) is 1. The van der Waals surface area contributed by atoms with Gasteiger partial charge in [-0.25, -0.2) is 0 Å². The molecule has 2 rings (SSSR count). The molecule has 1 aromatic heterocycles. The quantitative estimate of drug-likeness (QED) is 0.841. The number of aromatic nitrogens is 1. The number of pyridine rings is 1. The number of hydrogen-bond acceptors (Lipinski definition) is 3. The van der Waals surface area contributed by atoms with Gasteiger partial charge in [-0.15, -0.1) is 0 Å². The van der Waals surface area contributed by atoms with Crippen molar-refractivity contribution in [3.05, 3.63) is 59.9 Å². The SMILES string of the molecule is CC(N)CCc1ccc(OCCc2ccccn2)cc1. The molecule has 1 unspecified atom stereocenters. The molecule has 0 amide bonds. The Bertz CT molecular complexity index is 494. The van der Waals surface area contributed by atoms with E-state index in [0.29, 0.717) is 6.61 Å². The standard InChI is InChI=1S/C17H22N2O/c1-14(18)5-6-15-7-9-17(10-8-15)20-13-11-16-4-2-3-12-19-16/h2-4,7-10,12,14H,5-6,11,13,18H2,1H3. The topological polar surface area (TPSA) is 48.1 Å². The highest BCUT2D eigenvalue weighted by Crippen LogP contribution is 2.14. The van der Waals surface area contributed by atoms with Crippen molar-refractivity contribution >= 4 is 0 Å². The van der Waals surface area contributed by atoms with Crippen LogP contribution in [-0.2, 0) is 12.8 Å². The molecule has 0 bridgehead atoms. The monoisotopic (exact) mass is 270 g/mol. The molecule has 0 aliphatic rings. The Kier molecular flexibility index (Phi) is 5.56. The predicted octanol–water partition coefficient (Wildman–Crippen LogP) is 2.98. The Balaban J connectivity index is 1.76. The van der Waals surface area contributed by atoms with Gasteiger partial charge in [-0.3, -0.25) is 4.98 Å². The molecule has 1 aromatic carbocycles. The molecular formula is C17H22N2O. The smallest absolute Gasteiger partial charge is 0.119 e. The molecule has 0 aliphatic carbocycles. The first kappa shape index (κ1) is 14.5. The van der Waals surface area contributed by atoms with Crippen molar-refractivity contribution in [2.45, 2.75) is 32.2 Å². The van der Waals surface area contributed by atoms with Crippen molar-refractivity contribution in [3.8, 4) is 5.75 Å². The van der Waals surface area contributed by atoms with Gasteiger partial charge in [0.2, 0.25) is 0 Å². The van der Waals surface area contributed by atoms with Gasteiger partial charge in [-0.2, -0.15) is 0 Å². The summed E-state index contributed by atoms with van der Waals surface area (Å²) in [7, 11) is 0. The Morgan fingerprint density at radius 2 is 1.90 bits per heavy atom. The van der Waals surface area contributed by atoms with Crippen molar-refractivity contribution in [1.82, 2.24) is 4.98 Å². The van der Waals surface area contributed by atoms with Gasteiger partial charge in [0.15, 0.2) is 0 Å². The highest BCUT2D eigenvalue weighted by atomic mass is 16.5. The number of aryl methyl sites for hydroxylation is 1. The Morgan fingerprint density at radius 1 is 1.10 bits per heavy atom. The van der Waals surface area contributed by atoms with E-state index in [1.54, 1.807) is 0 Å². The number of rotatable bonds is 7. The van der Waals surface area contributed by atoms with Crippen LogP contribution in [0.25, 0.3) is 0 Å². The van der Waals surface area contributed by atoms with Crippen molar-refractivity contribution in [2.75, 3.05) is 6.61 Å². The third kappa shape index (κ3) is 5.02. The first-order valence-electron chi connectivity index (χ1n) is 7.11. The molecule has 2 aromatic rings. The van der Waals surface area contributed by atoms with Crippen LogP contribution in [0, 0.1) is 0 Å². The maximum Gasteiger partial charge on any atom is 0.119 e. The van der Waals surface area contributed by atoms with Crippen LogP contribution in [0.4, 0.5) is 0 Å². The summed E-state index contributed by atoms with van der Waals surface area (Å²) in [5.74, 6) is 0.908. The summed E-state index contributed by atoms with van der Waals surface area (Å²) in [5.41, 5.74) is 8.12. The molecule has 20 heavy (non-hydrogen) atoms. The van der Waals surface area contributed by atoms with E-state index >= 15 is 0 Å². The molecule has 0 aliphatic heterocycles. The Hall–Kier alpha value is -1.87. The molecule has 0 saturated carbocycles. The first-order valence-corrected chi connectivity index (χ1v) is 7.11. The summed E-state index contributed by atoms with van der Waals surface area (Å²) in [6, 6.07) is 14.5. The Morgan fingerprint density at radius 3 is 2.55 bits per heavy atom. The number of nitrogens with two attached hydrogens (primary N) is 1. The minimum Gasteiger partial charge on any atom is -0.493 e. The zero-order valence-corrected chi connectivity index (χ0v) is 12.0. The second-order valence-corrected chi connectivity index (χ2v) is 5.08. The lowest BCUT2D eigenvalue weighted by atomic mass is 10.1. The third-order valence-electron chi connectivity index (χ3n) is 3.16. The van der Waals surface area contributed by atoms with Gasteiger partial charge in [-0.1, -0.05) is 18.2 Å². The fourth-order valence-electron chi connectivity index (χ4n) is 1.97.